The first kappa shape index (κ1) is 12.5. The average Bonchev–Trinajstić information content (AvgIpc) is 2.29. The van der Waals surface area contributed by atoms with Crippen LogP contribution in [0.25, 0.3) is 0 Å². The molecule has 1 fully saturated rings. The van der Waals surface area contributed by atoms with E-state index in [1.807, 2.05) is 0 Å². The number of nitrogens with one attached hydrogen (secondary N) is 2. The number of aromatic nitrogens is 1. The summed E-state index contributed by atoms with van der Waals surface area (Å²) in [6.07, 6.45) is 5.17. The Balaban J connectivity index is 2.06. The highest BCUT2D eigenvalue weighted by atomic mass is 79.9. The van der Waals surface area contributed by atoms with Gasteiger partial charge >= 0.3 is 0 Å². The molecule has 1 aromatic rings. The summed E-state index contributed by atoms with van der Waals surface area (Å²) in [7, 11) is 0. The molecule has 17 heavy (non-hydrogen) atoms. The van der Waals surface area contributed by atoms with E-state index in [1.54, 1.807) is 18.5 Å². The third-order valence-electron chi connectivity index (χ3n) is 3.09. The zero-order chi connectivity index (χ0) is 12.3. The van der Waals surface area contributed by atoms with Gasteiger partial charge in [-0.25, -0.2) is 0 Å². The number of pyridine rings is 1. The zero-order valence-corrected chi connectivity index (χ0v) is 11.4. The lowest BCUT2D eigenvalue weighted by Gasteiger charge is -2.34. The van der Waals surface area contributed by atoms with Crippen molar-refractivity contribution in [2.75, 3.05) is 13.1 Å². The van der Waals surface area contributed by atoms with Crippen LogP contribution in [0.1, 0.15) is 30.1 Å². The summed E-state index contributed by atoms with van der Waals surface area (Å²) in [5.74, 6) is -0.0526. The van der Waals surface area contributed by atoms with Gasteiger partial charge in [0.1, 0.15) is 0 Å². The van der Waals surface area contributed by atoms with Crippen LogP contribution in [0.2, 0.25) is 0 Å². The maximum absolute atomic E-state index is 12.1. The molecular formula is C12H16BrN3O. The Morgan fingerprint density at radius 1 is 1.47 bits per heavy atom. The predicted octanol–water partition coefficient (Wildman–Crippen LogP) is 1.72. The van der Waals surface area contributed by atoms with E-state index in [-0.39, 0.29) is 11.4 Å². The van der Waals surface area contributed by atoms with Gasteiger partial charge in [0, 0.05) is 22.4 Å². The Hall–Kier alpha value is -0.940. The van der Waals surface area contributed by atoms with Crippen molar-refractivity contribution in [2.24, 2.45) is 0 Å². The maximum Gasteiger partial charge on any atom is 0.253 e. The van der Waals surface area contributed by atoms with Gasteiger partial charge in [-0.1, -0.05) is 0 Å². The molecule has 1 amide bonds. The van der Waals surface area contributed by atoms with Crippen LogP contribution >= 0.6 is 15.9 Å². The molecule has 1 aliphatic heterocycles. The molecule has 1 aliphatic rings. The Morgan fingerprint density at radius 3 is 2.82 bits per heavy atom. The zero-order valence-electron chi connectivity index (χ0n) is 9.79. The van der Waals surface area contributed by atoms with Crippen LogP contribution in [-0.2, 0) is 0 Å². The van der Waals surface area contributed by atoms with Crippen molar-refractivity contribution < 1.29 is 4.79 Å². The molecular weight excluding hydrogens is 282 g/mol. The van der Waals surface area contributed by atoms with E-state index < -0.39 is 0 Å². The average molecular weight is 298 g/mol. The number of carbonyl (C=O) groups is 1. The van der Waals surface area contributed by atoms with Crippen LogP contribution in [0, 0.1) is 0 Å². The predicted molar refractivity (Wildman–Crippen MR) is 69.9 cm³/mol. The van der Waals surface area contributed by atoms with Crippen molar-refractivity contribution in [3.05, 3.63) is 28.5 Å². The second kappa shape index (κ2) is 5.14. The Morgan fingerprint density at radius 2 is 2.18 bits per heavy atom. The molecule has 0 atom stereocenters. The smallest absolute Gasteiger partial charge is 0.253 e. The van der Waals surface area contributed by atoms with Gasteiger partial charge in [-0.05, 0) is 54.9 Å². The van der Waals surface area contributed by atoms with E-state index in [4.69, 9.17) is 0 Å². The molecule has 0 saturated carbocycles. The van der Waals surface area contributed by atoms with Crippen LogP contribution in [-0.4, -0.2) is 29.5 Å². The normalized spacial score (nSPS) is 18.7. The highest BCUT2D eigenvalue weighted by Gasteiger charge is 2.28. The molecule has 5 heteroatoms. The van der Waals surface area contributed by atoms with E-state index in [1.165, 1.54) is 0 Å². The summed E-state index contributed by atoms with van der Waals surface area (Å²) in [5, 5.41) is 6.39. The van der Waals surface area contributed by atoms with Gasteiger partial charge < -0.3 is 10.6 Å². The van der Waals surface area contributed by atoms with Crippen LogP contribution < -0.4 is 10.6 Å². The number of carbonyl (C=O) groups excluding carboxylic acids is 1. The fourth-order valence-electron chi connectivity index (χ4n) is 1.99. The summed E-state index contributed by atoms with van der Waals surface area (Å²) >= 11 is 3.32. The van der Waals surface area contributed by atoms with Crippen molar-refractivity contribution in [3.8, 4) is 0 Å². The minimum absolute atomic E-state index is 0.0526. The summed E-state index contributed by atoms with van der Waals surface area (Å²) in [4.78, 5) is 16.1. The first-order valence-electron chi connectivity index (χ1n) is 5.73. The molecule has 2 rings (SSSR count). The molecule has 4 nitrogen and oxygen atoms in total. The lowest BCUT2D eigenvalue weighted by molar-refractivity contribution is 0.0887. The van der Waals surface area contributed by atoms with E-state index in [2.05, 4.69) is 38.5 Å². The minimum Gasteiger partial charge on any atom is -0.347 e. The fraction of sp³-hybridized carbons (Fsp3) is 0.500. The fourth-order valence-corrected chi connectivity index (χ4v) is 2.35. The Labute approximate surface area is 109 Å². The summed E-state index contributed by atoms with van der Waals surface area (Å²) in [6, 6.07) is 1.78. The summed E-state index contributed by atoms with van der Waals surface area (Å²) in [6.45, 7) is 4.00. The lowest BCUT2D eigenvalue weighted by Crippen LogP contribution is -2.52. The number of rotatable bonds is 2. The SMILES string of the molecule is CC1(NC(=O)c2cncc(Br)c2)CCNCC1. The number of hydrogen-bond acceptors (Lipinski definition) is 3. The van der Waals surface area contributed by atoms with Crippen LogP contribution in [0.5, 0.6) is 0 Å². The quantitative estimate of drug-likeness (QED) is 0.874. The van der Waals surface area contributed by atoms with Crippen LogP contribution in [0.15, 0.2) is 22.9 Å². The first-order valence-corrected chi connectivity index (χ1v) is 6.52. The van der Waals surface area contributed by atoms with Gasteiger partial charge in [-0.3, -0.25) is 9.78 Å². The molecule has 2 N–H and O–H groups in total. The van der Waals surface area contributed by atoms with Crippen LogP contribution in [0.3, 0.4) is 0 Å². The van der Waals surface area contributed by atoms with Crippen molar-refractivity contribution in [1.82, 2.24) is 15.6 Å². The summed E-state index contributed by atoms with van der Waals surface area (Å²) < 4.78 is 0.820. The van der Waals surface area contributed by atoms with E-state index in [0.717, 1.165) is 30.4 Å². The molecule has 1 saturated heterocycles. The largest absolute Gasteiger partial charge is 0.347 e. The highest BCUT2D eigenvalue weighted by molar-refractivity contribution is 9.10. The Kier molecular flexibility index (Phi) is 3.79. The molecule has 0 radical (unpaired) electrons. The van der Waals surface area contributed by atoms with Crippen LogP contribution in [0.4, 0.5) is 0 Å². The standard InChI is InChI=1S/C12H16BrN3O/c1-12(2-4-14-5-3-12)16-11(17)9-6-10(13)8-15-7-9/h6-8,14H,2-5H2,1H3,(H,16,17). The van der Waals surface area contributed by atoms with E-state index in [9.17, 15) is 4.79 Å². The molecule has 0 bridgehead atoms. The van der Waals surface area contributed by atoms with Gasteiger partial charge in [0.25, 0.3) is 5.91 Å². The van der Waals surface area contributed by atoms with Crippen molar-refractivity contribution >= 4 is 21.8 Å². The number of halogens is 1. The van der Waals surface area contributed by atoms with Gasteiger partial charge in [0.2, 0.25) is 0 Å². The molecule has 2 heterocycles. The molecule has 0 unspecified atom stereocenters. The van der Waals surface area contributed by atoms with Gasteiger partial charge in [0.15, 0.2) is 0 Å². The molecule has 0 aromatic carbocycles. The van der Waals surface area contributed by atoms with Crippen molar-refractivity contribution in [3.63, 3.8) is 0 Å². The van der Waals surface area contributed by atoms with E-state index >= 15 is 0 Å². The first-order chi connectivity index (χ1) is 8.09. The molecule has 0 spiro atoms. The number of amides is 1. The monoisotopic (exact) mass is 297 g/mol. The number of nitrogens with zero attached hydrogens (tertiary/aromatic N) is 1. The maximum atomic E-state index is 12.1. The minimum atomic E-state index is -0.106. The number of hydrogen-bond donors (Lipinski definition) is 2. The van der Waals surface area contributed by atoms with Crippen molar-refractivity contribution in [2.45, 2.75) is 25.3 Å². The molecule has 0 aliphatic carbocycles. The second-order valence-electron chi connectivity index (χ2n) is 4.66. The molecule has 92 valence electrons. The van der Waals surface area contributed by atoms with E-state index in [0.29, 0.717) is 5.56 Å². The second-order valence-corrected chi connectivity index (χ2v) is 5.57. The number of piperidine rings is 1. The van der Waals surface area contributed by atoms with Gasteiger partial charge in [-0.15, -0.1) is 0 Å². The summed E-state index contributed by atoms with van der Waals surface area (Å²) in [5.41, 5.74) is 0.490. The van der Waals surface area contributed by atoms with Crippen molar-refractivity contribution in [1.29, 1.82) is 0 Å². The third-order valence-corrected chi connectivity index (χ3v) is 3.52. The lowest BCUT2D eigenvalue weighted by atomic mass is 9.90. The third kappa shape index (κ3) is 3.26. The highest BCUT2D eigenvalue weighted by Crippen LogP contribution is 2.18. The molecule has 1 aromatic heterocycles. The van der Waals surface area contributed by atoms with Gasteiger partial charge in [-0.2, -0.15) is 0 Å². The van der Waals surface area contributed by atoms with Gasteiger partial charge in [0.05, 0.1) is 5.56 Å². The topological polar surface area (TPSA) is 54.0 Å². The Bertz CT molecular complexity index is 416.